The van der Waals surface area contributed by atoms with E-state index in [4.69, 9.17) is 4.74 Å². The second-order valence-corrected chi connectivity index (χ2v) is 7.91. The van der Waals surface area contributed by atoms with Crippen LogP contribution in [-0.4, -0.2) is 67.8 Å². The molecule has 0 aromatic rings. The number of alkyl halides is 1. The minimum absolute atomic E-state index is 0.243. The molecule has 0 aromatic carbocycles. The van der Waals surface area contributed by atoms with Gasteiger partial charge in [0.2, 0.25) is 0 Å². The number of carbonyl (C=O) groups excluding carboxylic acids is 1. The molecule has 1 amide bonds. The molecule has 0 radical (unpaired) electrons. The fourth-order valence-corrected chi connectivity index (χ4v) is 4.58. The molecular weight excluding hydrogens is 307 g/mol. The Kier molecular flexibility index (Phi) is 6.90. The van der Waals surface area contributed by atoms with E-state index in [0.29, 0.717) is 18.3 Å². The molecule has 0 aromatic heterocycles. The van der Waals surface area contributed by atoms with Crippen LogP contribution in [-0.2, 0) is 9.53 Å². The topological polar surface area (TPSA) is 32.8 Å². The van der Waals surface area contributed by atoms with Crippen molar-refractivity contribution in [2.45, 2.75) is 57.5 Å². The molecule has 0 N–H and O–H groups in total. The van der Waals surface area contributed by atoms with Gasteiger partial charge in [0.15, 0.2) is 6.17 Å². The molecule has 1 saturated carbocycles. The largest absolute Gasteiger partial charge is 0.379 e. The lowest BCUT2D eigenvalue weighted by molar-refractivity contribution is -0.139. The third kappa shape index (κ3) is 5.16. The summed E-state index contributed by atoms with van der Waals surface area (Å²) in [6.07, 6.45) is 7.22. The molecule has 1 aliphatic carbocycles. The number of hydrogen-bond donors (Lipinski definition) is 0. The van der Waals surface area contributed by atoms with E-state index in [-0.39, 0.29) is 5.91 Å². The fourth-order valence-electron chi connectivity index (χ4n) is 4.58. The van der Waals surface area contributed by atoms with Gasteiger partial charge in [0, 0.05) is 32.7 Å². The van der Waals surface area contributed by atoms with E-state index in [2.05, 4.69) is 4.90 Å². The SMILES string of the molecule is O=C([C@@H](F)CC1CCCCC1)N1CCC[C@H](CN2CCOCC2)C1. The fraction of sp³-hybridized carbons (Fsp3) is 0.947. The summed E-state index contributed by atoms with van der Waals surface area (Å²) in [6.45, 7) is 6.08. The lowest BCUT2D eigenvalue weighted by atomic mass is 9.85. The smallest absolute Gasteiger partial charge is 0.257 e. The first kappa shape index (κ1) is 18.1. The van der Waals surface area contributed by atoms with Gasteiger partial charge in [-0.1, -0.05) is 32.1 Å². The van der Waals surface area contributed by atoms with E-state index in [0.717, 1.165) is 71.6 Å². The van der Waals surface area contributed by atoms with Gasteiger partial charge < -0.3 is 9.64 Å². The summed E-state index contributed by atoms with van der Waals surface area (Å²) in [5, 5.41) is 0. The van der Waals surface area contributed by atoms with Crippen molar-refractivity contribution in [3.05, 3.63) is 0 Å². The molecule has 4 nitrogen and oxygen atoms in total. The maximum atomic E-state index is 14.5. The highest BCUT2D eigenvalue weighted by Gasteiger charge is 2.31. The number of ether oxygens (including phenoxy) is 1. The van der Waals surface area contributed by atoms with Crippen LogP contribution in [0.5, 0.6) is 0 Å². The maximum Gasteiger partial charge on any atom is 0.257 e. The molecule has 2 saturated heterocycles. The predicted molar refractivity (Wildman–Crippen MR) is 92.7 cm³/mol. The van der Waals surface area contributed by atoms with Crippen molar-refractivity contribution in [2.24, 2.45) is 11.8 Å². The molecule has 2 heterocycles. The van der Waals surface area contributed by atoms with Crippen molar-refractivity contribution in [3.8, 4) is 0 Å². The minimum Gasteiger partial charge on any atom is -0.379 e. The molecule has 2 aliphatic heterocycles. The highest BCUT2D eigenvalue weighted by Crippen LogP contribution is 2.29. The van der Waals surface area contributed by atoms with E-state index in [1.807, 2.05) is 4.90 Å². The number of nitrogens with zero attached hydrogens (tertiary/aromatic N) is 2. The van der Waals surface area contributed by atoms with E-state index in [9.17, 15) is 9.18 Å². The number of halogens is 1. The van der Waals surface area contributed by atoms with Gasteiger partial charge in [-0.3, -0.25) is 9.69 Å². The third-order valence-electron chi connectivity index (χ3n) is 5.98. The van der Waals surface area contributed by atoms with Crippen LogP contribution in [0.1, 0.15) is 51.4 Å². The Bertz CT molecular complexity index is 395. The highest BCUT2D eigenvalue weighted by atomic mass is 19.1. The Hall–Kier alpha value is -0.680. The van der Waals surface area contributed by atoms with Crippen LogP contribution in [0, 0.1) is 11.8 Å². The number of rotatable bonds is 5. The summed E-state index contributed by atoms with van der Waals surface area (Å²) >= 11 is 0. The molecule has 2 atom stereocenters. The molecule has 0 unspecified atom stereocenters. The average molecular weight is 340 g/mol. The molecular formula is C19H33FN2O2. The van der Waals surface area contributed by atoms with E-state index >= 15 is 0 Å². The summed E-state index contributed by atoms with van der Waals surface area (Å²) in [5.74, 6) is 0.668. The van der Waals surface area contributed by atoms with Gasteiger partial charge in [0.05, 0.1) is 13.2 Å². The second-order valence-electron chi connectivity index (χ2n) is 7.91. The molecule has 3 aliphatic rings. The Labute approximate surface area is 145 Å². The van der Waals surface area contributed by atoms with Crippen LogP contribution in [0.25, 0.3) is 0 Å². The first-order valence-corrected chi connectivity index (χ1v) is 9.95. The Morgan fingerprint density at radius 2 is 1.71 bits per heavy atom. The van der Waals surface area contributed by atoms with Crippen LogP contribution < -0.4 is 0 Å². The molecule has 0 spiro atoms. The van der Waals surface area contributed by atoms with Gasteiger partial charge in [-0.25, -0.2) is 4.39 Å². The van der Waals surface area contributed by atoms with Crippen molar-refractivity contribution < 1.29 is 13.9 Å². The zero-order valence-corrected chi connectivity index (χ0v) is 14.9. The molecule has 5 heteroatoms. The molecule has 3 rings (SSSR count). The predicted octanol–water partition coefficient (Wildman–Crippen LogP) is 2.87. The van der Waals surface area contributed by atoms with Crippen LogP contribution >= 0.6 is 0 Å². The molecule has 138 valence electrons. The van der Waals surface area contributed by atoms with Crippen molar-refractivity contribution in [1.29, 1.82) is 0 Å². The van der Waals surface area contributed by atoms with Gasteiger partial charge in [-0.2, -0.15) is 0 Å². The lowest BCUT2D eigenvalue weighted by Gasteiger charge is -2.37. The Morgan fingerprint density at radius 1 is 1.00 bits per heavy atom. The minimum atomic E-state index is -1.28. The van der Waals surface area contributed by atoms with Crippen LogP contribution in [0.3, 0.4) is 0 Å². The monoisotopic (exact) mass is 340 g/mol. The maximum absolute atomic E-state index is 14.5. The van der Waals surface area contributed by atoms with Gasteiger partial charge in [0.1, 0.15) is 0 Å². The normalized spacial score (nSPS) is 28.7. The van der Waals surface area contributed by atoms with Crippen LogP contribution in [0.15, 0.2) is 0 Å². The van der Waals surface area contributed by atoms with Gasteiger partial charge in [-0.15, -0.1) is 0 Å². The lowest BCUT2D eigenvalue weighted by Crippen LogP contribution is -2.48. The van der Waals surface area contributed by atoms with Crippen molar-refractivity contribution in [2.75, 3.05) is 45.9 Å². The Balaban J connectivity index is 1.44. The second kappa shape index (κ2) is 9.14. The molecule has 0 bridgehead atoms. The van der Waals surface area contributed by atoms with Gasteiger partial charge in [0.25, 0.3) is 5.91 Å². The Morgan fingerprint density at radius 3 is 2.46 bits per heavy atom. The summed E-state index contributed by atoms with van der Waals surface area (Å²) in [7, 11) is 0. The van der Waals surface area contributed by atoms with Crippen LogP contribution in [0.2, 0.25) is 0 Å². The van der Waals surface area contributed by atoms with Gasteiger partial charge in [-0.05, 0) is 31.1 Å². The zero-order chi connectivity index (χ0) is 16.8. The number of amides is 1. The molecule has 24 heavy (non-hydrogen) atoms. The number of carbonyl (C=O) groups is 1. The quantitative estimate of drug-likeness (QED) is 0.771. The van der Waals surface area contributed by atoms with Crippen molar-refractivity contribution in [3.63, 3.8) is 0 Å². The summed E-state index contributed by atoms with van der Waals surface area (Å²) in [6, 6.07) is 0. The molecule has 3 fully saturated rings. The van der Waals surface area contributed by atoms with Crippen molar-refractivity contribution >= 4 is 5.91 Å². The van der Waals surface area contributed by atoms with Gasteiger partial charge >= 0.3 is 0 Å². The number of hydrogen-bond acceptors (Lipinski definition) is 3. The summed E-state index contributed by atoms with van der Waals surface area (Å²) in [5.41, 5.74) is 0. The average Bonchev–Trinajstić information content (AvgIpc) is 2.63. The van der Waals surface area contributed by atoms with Crippen molar-refractivity contribution in [1.82, 2.24) is 9.80 Å². The highest BCUT2D eigenvalue weighted by molar-refractivity contribution is 5.80. The van der Waals surface area contributed by atoms with E-state index in [1.165, 1.54) is 19.3 Å². The van der Waals surface area contributed by atoms with E-state index in [1.54, 1.807) is 0 Å². The summed E-state index contributed by atoms with van der Waals surface area (Å²) in [4.78, 5) is 16.8. The first-order chi connectivity index (χ1) is 11.7. The zero-order valence-electron chi connectivity index (χ0n) is 14.9. The number of likely N-dealkylation sites (tertiary alicyclic amines) is 1. The summed E-state index contributed by atoms with van der Waals surface area (Å²) < 4.78 is 19.9. The first-order valence-electron chi connectivity index (χ1n) is 9.95. The number of piperidine rings is 1. The number of morpholine rings is 1. The standard InChI is InChI=1S/C19H33FN2O2/c20-18(13-16-5-2-1-3-6-16)19(23)22-8-4-7-17(15-22)14-21-9-11-24-12-10-21/h16-18H,1-15H2/t17-,18+/m1/s1. The van der Waals surface area contributed by atoms with Crippen LogP contribution in [0.4, 0.5) is 4.39 Å². The van der Waals surface area contributed by atoms with E-state index < -0.39 is 6.17 Å². The third-order valence-corrected chi connectivity index (χ3v) is 5.98.